The topological polar surface area (TPSA) is 50.7 Å². The lowest BCUT2D eigenvalue weighted by Gasteiger charge is -2.16. The number of benzene rings is 1. The Hall–Kier alpha value is -1.10. The maximum atomic E-state index is 9.86. The fraction of sp³-hybridized carbons (Fsp3) is 0.667. The predicted octanol–water partition coefficient (Wildman–Crippen LogP) is 2.54. The van der Waals surface area contributed by atoms with Crippen LogP contribution in [0.15, 0.2) is 24.3 Å². The number of nitrogens with one attached hydrogen (secondary N) is 1. The van der Waals surface area contributed by atoms with Crippen molar-refractivity contribution in [1.82, 2.24) is 5.32 Å². The Morgan fingerprint density at radius 1 is 1.18 bits per heavy atom. The summed E-state index contributed by atoms with van der Waals surface area (Å²) < 4.78 is 11.1. The SMILES string of the molecule is CCc1ccc(OCCOC[C@@H](O)CNC2CCCC2)cc1. The van der Waals surface area contributed by atoms with Gasteiger partial charge in [0.2, 0.25) is 0 Å². The molecule has 124 valence electrons. The van der Waals surface area contributed by atoms with Crippen LogP contribution in [0.1, 0.15) is 38.2 Å². The van der Waals surface area contributed by atoms with Crippen LogP contribution in [0.4, 0.5) is 0 Å². The molecule has 1 aliphatic carbocycles. The van der Waals surface area contributed by atoms with Gasteiger partial charge >= 0.3 is 0 Å². The number of aryl methyl sites for hydroxylation is 1. The van der Waals surface area contributed by atoms with Gasteiger partial charge < -0.3 is 19.9 Å². The largest absolute Gasteiger partial charge is 0.491 e. The summed E-state index contributed by atoms with van der Waals surface area (Å²) >= 11 is 0. The van der Waals surface area contributed by atoms with Crippen LogP contribution in [0.5, 0.6) is 5.75 Å². The van der Waals surface area contributed by atoms with Gasteiger partial charge in [-0.1, -0.05) is 31.9 Å². The molecule has 0 amide bonds. The molecule has 2 N–H and O–H groups in total. The maximum absolute atomic E-state index is 9.86. The van der Waals surface area contributed by atoms with E-state index in [0.29, 0.717) is 32.4 Å². The first kappa shape index (κ1) is 17.3. The highest BCUT2D eigenvalue weighted by Gasteiger charge is 2.15. The average molecular weight is 307 g/mol. The molecular weight excluding hydrogens is 278 g/mol. The molecule has 1 atom stereocenters. The van der Waals surface area contributed by atoms with Gasteiger partial charge in [0.1, 0.15) is 12.4 Å². The van der Waals surface area contributed by atoms with E-state index in [-0.39, 0.29) is 0 Å². The second-order valence-corrected chi connectivity index (χ2v) is 5.96. The number of aliphatic hydroxyl groups excluding tert-OH is 1. The fourth-order valence-electron chi connectivity index (χ4n) is 2.75. The molecule has 4 heteroatoms. The van der Waals surface area contributed by atoms with Gasteiger partial charge in [0, 0.05) is 12.6 Å². The standard InChI is InChI=1S/C18H29NO3/c1-2-15-7-9-18(10-8-15)22-12-11-21-14-17(20)13-19-16-5-3-4-6-16/h7-10,16-17,19-20H,2-6,11-14H2,1H3/t17-/m0/s1. The monoisotopic (exact) mass is 307 g/mol. The van der Waals surface area contributed by atoms with Crippen LogP contribution >= 0.6 is 0 Å². The molecule has 0 aromatic heterocycles. The summed E-state index contributed by atoms with van der Waals surface area (Å²) in [4.78, 5) is 0. The van der Waals surface area contributed by atoms with Gasteiger partial charge in [0.05, 0.1) is 19.3 Å². The van der Waals surface area contributed by atoms with E-state index in [9.17, 15) is 5.11 Å². The van der Waals surface area contributed by atoms with E-state index < -0.39 is 6.10 Å². The van der Waals surface area contributed by atoms with Crippen LogP contribution in [0.25, 0.3) is 0 Å². The molecule has 0 bridgehead atoms. The van der Waals surface area contributed by atoms with Gasteiger partial charge in [-0.3, -0.25) is 0 Å². The Balaban J connectivity index is 1.49. The number of rotatable bonds is 10. The molecule has 1 saturated carbocycles. The van der Waals surface area contributed by atoms with Crippen molar-refractivity contribution in [3.05, 3.63) is 29.8 Å². The van der Waals surface area contributed by atoms with E-state index >= 15 is 0 Å². The van der Waals surface area contributed by atoms with E-state index in [1.54, 1.807) is 0 Å². The quantitative estimate of drug-likeness (QED) is 0.652. The van der Waals surface area contributed by atoms with Crippen LogP contribution in [-0.4, -0.2) is 43.6 Å². The molecule has 1 aliphatic rings. The minimum Gasteiger partial charge on any atom is -0.491 e. The molecule has 0 unspecified atom stereocenters. The number of hydrogen-bond acceptors (Lipinski definition) is 4. The van der Waals surface area contributed by atoms with Crippen molar-refractivity contribution in [3.8, 4) is 5.75 Å². The fourth-order valence-corrected chi connectivity index (χ4v) is 2.75. The van der Waals surface area contributed by atoms with Crippen LogP contribution in [0, 0.1) is 0 Å². The van der Waals surface area contributed by atoms with E-state index in [1.807, 2.05) is 12.1 Å². The highest BCUT2D eigenvalue weighted by atomic mass is 16.5. The third-order valence-corrected chi connectivity index (χ3v) is 4.14. The molecule has 0 spiro atoms. The van der Waals surface area contributed by atoms with Crippen molar-refractivity contribution >= 4 is 0 Å². The molecule has 1 aromatic carbocycles. The summed E-state index contributed by atoms with van der Waals surface area (Å²) in [5, 5.41) is 13.3. The Kier molecular flexibility index (Phi) is 7.71. The van der Waals surface area contributed by atoms with Crippen LogP contribution in [0.2, 0.25) is 0 Å². The number of ether oxygens (including phenoxy) is 2. The second kappa shape index (κ2) is 9.82. The minimum absolute atomic E-state index is 0.359. The molecule has 0 aliphatic heterocycles. The van der Waals surface area contributed by atoms with Crippen molar-refractivity contribution in [1.29, 1.82) is 0 Å². The first-order chi connectivity index (χ1) is 10.8. The molecule has 22 heavy (non-hydrogen) atoms. The van der Waals surface area contributed by atoms with E-state index in [0.717, 1.165) is 12.2 Å². The lowest BCUT2D eigenvalue weighted by Crippen LogP contribution is -2.36. The molecule has 1 aromatic rings. The summed E-state index contributed by atoms with van der Waals surface area (Å²) in [7, 11) is 0. The average Bonchev–Trinajstić information content (AvgIpc) is 3.06. The third kappa shape index (κ3) is 6.34. The van der Waals surface area contributed by atoms with Crippen molar-refractivity contribution < 1.29 is 14.6 Å². The summed E-state index contributed by atoms with van der Waals surface area (Å²) in [6.45, 7) is 4.11. The first-order valence-corrected chi connectivity index (χ1v) is 8.49. The maximum Gasteiger partial charge on any atom is 0.119 e. The highest BCUT2D eigenvalue weighted by Crippen LogP contribution is 2.17. The lowest BCUT2D eigenvalue weighted by molar-refractivity contribution is 0.0241. The molecular formula is C18H29NO3. The Morgan fingerprint density at radius 3 is 2.59 bits per heavy atom. The van der Waals surface area contributed by atoms with Gasteiger partial charge in [0.25, 0.3) is 0 Å². The van der Waals surface area contributed by atoms with Crippen LogP contribution in [0.3, 0.4) is 0 Å². The van der Waals surface area contributed by atoms with Crippen molar-refractivity contribution in [2.24, 2.45) is 0 Å². The Morgan fingerprint density at radius 2 is 1.91 bits per heavy atom. The zero-order valence-electron chi connectivity index (χ0n) is 13.6. The van der Waals surface area contributed by atoms with Gasteiger partial charge in [0.15, 0.2) is 0 Å². The lowest BCUT2D eigenvalue weighted by atomic mass is 10.2. The van der Waals surface area contributed by atoms with Crippen molar-refractivity contribution in [2.45, 2.75) is 51.2 Å². The zero-order valence-corrected chi connectivity index (χ0v) is 13.6. The number of hydrogen-bond donors (Lipinski definition) is 2. The summed E-state index contributed by atoms with van der Waals surface area (Å²) in [6, 6.07) is 8.71. The number of aliphatic hydroxyl groups is 1. The minimum atomic E-state index is -0.440. The van der Waals surface area contributed by atoms with Gasteiger partial charge in [-0.25, -0.2) is 0 Å². The van der Waals surface area contributed by atoms with Crippen molar-refractivity contribution in [2.75, 3.05) is 26.4 Å². The first-order valence-electron chi connectivity index (χ1n) is 8.49. The molecule has 4 nitrogen and oxygen atoms in total. The highest BCUT2D eigenvalue weighted by molar-refractivity contribution is 5.27. The van der Waals surface area contributed by atoms with E-state index in [1.165, 1.54) is 31.2 Å². The van der Waals surface area contributed by atoms with Crippen molar-refractivity contribution in [3.63, 3.8) is 0 Å². The molecule has 2 rings (SSSR count). The zero-order chi connectivity index (χ0) is 15.6. The van der Waals surface area contributed by atoms with Gasteiger partial charge in [-0.05, 0) is 37.0 Å². The Bertz CT molecular complexity index is 401. The smallest absolute Gasteiger partial charge is 0.119 e. The normalized spacial score (nSPS) is 16.8. The van der Waals surface area contributed by atoms with E-state index in [2.05, 4.69) is 24.4 Å². The molecule has 0 radical (unpaired) electrons. The summed E-state index contributed by atoms with van der Waals surface area (Å²) in [5.41, 5.74) is 1.31. The third-order valence-electron chi connectivity index (χ3n) is 4.14. The molecule has 1 fully saturated rings. The summed E-state index contributed by atoms with van der Waals surface area (Å²) in [6.07, 6.45) is 5.68. The molecule has 0 heterocycles. The Labute approximate surface area is 133 Å². The predicted molar refractivity (Wildman–Crippen MR) is 88.4 cm³/mol. The van der Waals surface area contributed by atoms with Gasteiger partial charge in [-0.15, -0.1) is 0 Å². The molecule has 0 saturated heterocycles. The van der Waals surface area contributed by atoms with Gasteiger partial charge in [-0.2, -0.15) is 0 Å². The second-order valence-electron chi connectivity index (χ2n) is 5.96. The van der Waals surface area contributed by atoms with Crippen LogP contribution in [-0.2, 0) is 11.2 Å². The van der Waals surface area contributed by atoms with Crippen LogP contribution < -0.4 is 10.1 Å². The summed E-state index contributed by atoms with van der Waals surface area (Å²) in [5.74, 6) is 0.865. The van der Waals surface area contributed by atoms with E-state index in [4.69, 9.17) is 9.47 Å².